The van der Waals surface area contributed by atoms with Gasteiger partial charge in [-0.1, -0.05) is 43.2 Å². The van der Waals surface area contributed by atoms with Crippen molar-refractivity contribution in [3.8, 4) is 5.75 Å². The molecule has 5 rings (SSSR count). The van der Waals surface area contributed by atoms with E-state index in [0.29, 0.717) is 19.3 Å². The fraction of sp³-hybridized carbons (Fsp3) is 0.419. The Kier molecular flexibility index (Phi) is 8.91. The van der Waals surface area contributed by atoms with Crippen molar-refractivity contribution >= 4 is 36.4 Å². The van der Waals surface area contributed by atoms with E-state index in [1.54, 1.807) is 25.3 Å². The number of nitro groups is 1. The SMILES string of the molecule is CCC/C(=C\c1cccc(O)c1)CC[C@H]1OB(O)C[C@H]2C1=C(COC)C[C@H]1C(=O)N(c3cccc([N+](=O)[O-])c3)C(=O)[C@H]12. The lowest BCUT2D eigenvalue weighted by molar-refractivity contribution is -0.384. The van der Waals surface area contributed by atoms with Crippen molar-refractivity contribution < 1.29 is 34.0 Å². The summed E-state index contributed by atoms with van der Waals surface area (Å²) in [5.74, 6) is -2.38. The number of carbonyl (C=O) groups excluding carboxylic acids is 2. The molecule has 2 N–H and O–H groups in total. The number of fused-ring (bicyclic) bond motifs is 3. The fourth-order valence-electron chi connectivity index (χ4n) is 6.83. The Morgan fingerprint density at radius 1 is 1.17 bits per heavy atom. The smallest absolute Gasteiger partial charge is 0.455 e. The average molecular weight is 574 g/mol. The Bertz CT molecular complexity index is 1440. The molecule has 0 radical (unpaired) electrons. The van der Waals surface area contributed by atoms with Crippen LogP contribution in [0.3, 0.4) is 0 Å². The zero-order valence-electron chi connectivity index (χ0n) is 23.8. The topological polar surface area (TPSA) is 139 Å². The standard InChI is InChI=1S/C31H35BN2O8/c1-3-6-19(13-20-7-4-10-24(35)14-20)11-12-27-28-21(18-41-2)15-25-29(26(28)17-32(38)42-27)31(37)33(30(25)36)22-8-5-9-23(16-22)34(39)40/h4-5,7-10,13-14,16,25-27,29,35,38H,3,6,11-12,15,17-18H2,1-2H3/b19-13+/t25-,26+,27-,29-/m1/s1. The molecule has 11 heteroatoms. The maximum Gasteiger partial charge on any atom is 0.455 e. The van der Waals surface area contributed by atoms with Crippen molar-refractivity contribution in [3.05, 3.63) is 80.9 Å². The molecular formula is C31H35BN2O8. The largest absolute Gasteiger partial charge is 0.508 e. The van der Waals surface area contributed by atoms with Crippen LogP contribution in [-0.2, 0) is 19.0 Å². The highest BCUT2D eigenvalue weighted by molar-refractivity contribution is 6.43. The second kappa shape index (κ2) is 12.6. The second-order valence-electron chi connectivity index (χ2n) is 11.2. The van der Waals surface area contributed by atoms with Gasteiger partial charge in [-0.3, -0.25) is 19.7 Å². The molecule has 4 atom stereocenters. The van der Waals surface area contributed by atoms with E-state index in [1.807, 2.05) is 6.07 Å². The van der Waals surface area contributed by atoms with Crippen LogP contribution in [0.2, 0.25) is 6.32 Å². The number of phenolic OH excluding ortho intramolecular Hbond substituents is 1. The van der Waals surface area contributed by atoms with Crippen LogP contribution >= 0.6 is 0 Å². The molecule has 220 valence electrons. The van der Waals surface area contributed by atoms with Gasteiger partial charge >= 0.3 is 7.12 Å². The predicted molar refractivity (Wildman–Crippen MR) is 157 cm³/mol. The van der Waals surface area contributed by atoms with Crippen LogP contribution in [0.15, 0.2) is 65.3 Å². The van der Waals surface area contributed by atoms with Gasteiger partial charge in [0.25, 0.3) is 5.69 Å². The summed E-state index contributed by atoms with van der Waals surface area (Å²) in [4.78, 5) is 39.4. The first-order valence-electron chi connectivity index (χ1n) is 14.4. The summed E-state index contributed by atoms with van der Waals surface area (Å²) in [5, 5.41) is 32.1. The Labute approximate surface area is 244 Å². The molecule has 2 aromatic carbocycles. The first-order chi connectivity index (χ1) is 20.2. The van der Waals surface area contributed by atoms with Gasteiger partial charge < -0.3 is 19.5 Å². The zero-order valence-corrected chi connectivity index (χ0v) is 23.8. The highest BCUT2D eigenvalue weighted by Crippen LogP contribution is 2.51. The molecule has 2 fully saturated rings. The second-order valence-corrected chi connectivity index (χ2v) is 11.2. The van der Waals surface area contributed by atoms with Crippen LogP contribution in [0.4, 0.5) is 11.4 Å². The minimum absolute atomic E-state index is 0.170. The number of anilines is 1. The molecule has 2 saturated heterocycles. The van der Waals surface area contributed by atoms with Crippen molar-refractivity contribution in [3.63, 3.8) is 0 Å². The lowest BCUT2D eigenvalue weighted by atomic mass is 9.58. The Morgan fingerprint density at radius 3 is 2.67 bits per heavy atom. The van der Waals surface area contributed by atoms with E-state index in [4.69, 9.17) is 9.39 Å². The number of non-ortho nitro benzene ring substituents is 1. The number of amides is 2. The van der Waals surface area contributed by atoms with Crippen LogP contribution in [-0.4, -0.2) is 53.8 Å². The quantitative estimate of drug-likeness (QED) is 0.134. The number of benzene rings is 2. The highest BCUT2D eigenvalue weighted by atomic mass is 16.6. The molecular weight excluding hydrogens is 539 g/mol. The number of carbonyl (C=O) groups is 2. The third-order valence-corrected chi connectivity index (χ3v) is 8.47. The van der Waals surface area contributed by atoms with E-state index in [9.17, 15) is 29.8 Å². The molecule has 0 aromatic heterocycles. The van der Waals surface area contributed by atoms with Crippen molar-refractivity contribution in [2.45, 2.75) is 51.5 Å². The van der Waals surface area contributed by atoms with E-state index >= 15 is 0 Å². The van der Waals surface area contributed by atoms with Crippen molar-refractivity contribution in [1.82, 2.24) is 0 Å². The fourth-order valence-corrected chi connectivity index (χ4v) is 6.83. The van der Waals surface area contributed by atoms with E-state index in [-0.39, 0.29) is 30.1 Å². The molecule has 2 heterocycles. The summed E-state index contributed by atoms with van der Waals surface area (Å²) in [6.07, 6.45) is 5.12. The van der Waals surface area contributed by atoms with Gasteiger partial charge in [-0.15, -0.1) is 0 Å². The number of allylic oxidation sites excluding steroid dienone is 1. The number of hydrogen-bond donors (Lipinski definition) is 2. The van der Waals surface area contributed by atoms with Gasteiger partial charge in [0.15, 0.2) is 0 Å². The summed E-state index contributed by atoms with van der Waals surface area (Å²) in [5.41, 5.74) is 3.86. The van der Waals surface area contributed by atoms with Crippen LogP contribution in [0.1, 0.15) is 44.6 Å². The summed E-state index contributed by atoms with van der Waals surface area (Å²) < 4.78 is 11.6. The summed E-state index contributed by atoms with van der Waals surface area (Å²) >= 11 is 0. The molecule has 2 aromatic rings. The third kappa shape index (κ3) is 5.90. The maximum atomic E-state index is 13.9. The summed E-state index contributed by atoms with van der Waals surface area (Å²) in [6, 6.07) is 12.6. The molecule has 0 unspecified atom stereocenters. The van der Waals surface area contributed by atoms with Gasteiger partial charge in [-0.25, -0.2) is 4.90 Å². The van der Waals surface area contributed by atoms with E-state index in [2.05, 4.69) is 13.0 Å². The number of nitrogens with zero attached hydrogens (tertiary/aromatic N) is 2. The van der Waals surface area contributed by atoms with Gasteiger partial charge in [0.1, 0.15) is 5.75 Å². The minimum atomic E-state index is -1.11. The van der Waals surface area contributed by atoms with Crippen molar-refractivity contribution in [2.75, 3.05) is 18.6 Å². The number of methoxy groups -OCH3 is 1. The first kappa shape index (κ1) is 29.7. The van der Waals surface area contributed by atoms with Gasteiger partial charge in [0, 0.05) is 19.2 Å². The van der Waals surface area contributed by atoms with Crippen LogP contribution in [0.5, 0.6) is 5.75 Å². The van der Waals surface area contributed by atoms with Gasteiger partial charge in [0.2, 0.25) is 11.8 Å². The minimum Gasteiger partial charge on any atom is -0.508 e. The molecule has 42 heavy (non-hydrogen) atoms. The third-order valence-electron chi connectivity index (χ3n) is 8.47. The first-order valence-corrected chi connectivity index (χ1v) is 14.4. The molecule has 1 aliphatic carbocycles. The van der Waals surface area contributed by atoms with E-state index in [1.165, 1.54) is 29.8 Å². The van der Waals surface area contributed by atoms with Crippen LogP contribution in [0.25, 0.3) is 6.08 Å². The summed E-state index contributed by atoms with van der Waals surface area (Å²) in [7, 11) is 0.474. The van der Waals surface area contributed by atoms with Crippen LogP contribution in [0, 0.1) is 27.9 Å². The molecule has 0 spiro atoms. The average Bonchev–Trinajstić information content (AvgIpc) is 3.21. The molecule has 0 saturated carbocycles. The predicted octanol–water partition coefficient (Wildman–Crippen LogP) is 4.91. The number of phenols is 1. The number of imide groups is 1. The van der Waals surface area contributed by atoms with Gasteiger partial charge in [-0.2, -0.15) is 0 Å². The lowest BCUT2D eigenvalue weighted by Gasteiger charge is -2.43. The molecule has 0 bridgehead atoms. The Balaban J connectivity index is 1.45. The van der Waals surface area contributed by atoms with E-state index < -0.39 is 47.7 Å². The molecule has 10 nitrogen and oxygen atoms in total. The monoisotopic (exact) mass is 574 g/mol. The molecule has 2 amide bonds. The number of ether oxygens (including phenoxy) is 1. The zero-order chi connectivity index (χ0) is 30.0. The molecule has 3 aliphatic rings. The Hall–Kier alpha value is -3.80. The van der Waals surface area contributed by atoms with Crippen LogP contribution < -0.4 is 4.90 Å². The summed E-state index contributed by atoms with van der Waals surface area (Å²) in [6.45, 7) is 2.37. The lowest BCUT2D eigenvalue weighted by Crippen LogP contribution is -2.46. The molecule has 2 aliphatic heterocycles. The Morgan fingerprint density at radius 2 is 1.95 bits per heavy atom. The van der Waals surface area contributed by atoms with Crippen molar-refractivity contribution in [1.29, 1.82) is 0 Å². The van der Waals surface area contributed by atoms with Gasteiger partial charge in [0.05, 0.1) is 35.2 Å². The normalized spacial score (nSPS) is 24.2. The number of nitro benzene ring substituents is 1. The van der Waals surface area contributed by atoms with E-state index in [0.717, 1.165) is 34.5 Å². The number of rotatable bonds is 10. The number of hydrogen-bond acceptors (Lipinski definition) is 8. The van der Waals surface area contributed by atoms with Gasteiger partial charge in [-0.05, 0) is 72.8 Å². The van der Waals surface area contributed by atoms with Crippen molar-refractivity contribution in [2.24, 2.45) is 17.8 Å². The highest BCUT2D eigenvalue weighted by Gasteiger charge is 2.57. The number of aromatic hydroxyl groups is 1. The maximum absolute atomic E-state index is 13.9.